The molecule has 0 fully saturated rings. The summed E-state index contributed by atoms with van der Waals surface area (Å²) >= 11 is 0. The lowest BCUT2D eigenvalue weighted by atomic mass is 9.86. The molecule has 1 aliphatic carbocycles. The lowest BCUT2D eigenvalue weighted by molar-refractivity contribution is 0.142. The Kier molecular flexibility index (Phi) is 3.03. The first-order chi connectivity index (χ1) is 8.84. The van der Waals surface area contributed by atoms with E-state index in [0.29, 0.717) is 0 Å². The minimum absolute atomic E-state index is 0.0994. The van der Waals surface area contributed by atoms with Gasteiger partial charge >= 0.3 is 0 Å². The highest BCUT2D eigenvalue weighted by Gasteiger charge is 2.27. The number of hydrogen-bond donors (Lipinski definition) is 2. The van der Waals surface area contributed by atoms with Crippen molar-refractivity contribution >= 4 is 5.69 Å². The summed E-state index contributed by atoms with van der Waals surface area (Å²) in [5.74, 6) is 0. The standard InChI is InChI=1S/C16H17NO/c18-16-14-9-5-4-6-12(14)10-11-15(16)17-13-7-2-1-3-8-13/h1-9,15-18H,10-11H2. The van der Waals surface area contributed by atoms with E-state index in [9.17, 15) is 5.11 Å². The quantitative estimate of drug-likeness (QED) is 0.843. The van der Waals surface area contributed by atoms with Crippen LogP contribution in [0.1, 0.15) is 23.7 Å². The number of fused-ring (bicyclic) bond motifs is 1. The third kappa shape index (κ3) is 2.12. The fourth-order valence-corrected chi connectivity index (χ4v) is 2.64. The van der Waals surface area contributed by atoms with Crippen molar-refractivity contribution in [2.24, 2.45) is 0 Å². The first-order valence-electron chi connectivity index (χ1n) is 6.42. The van der Waals surface area contributed by atoms with Crippen molar-refractivity contribution < 1.29 is 5.11 Å². The Morgan fingerprint density at radius 2 is 1.67 bits per heavy atom. The molecule has 2 atom stereocenters. The maximum absolute atomic E-state index is 10.4. The second kappa shape index (κ2) is 4.83. The molecule has 0 aromatic heterocycles. The van der Waals surface area contributed by atoms with Crippen LogP contribution in [0.2, 0.25) is 0 Å². The number of rotatable bonds is 2. The Morgan fingerprint density at radius 3 is 2.50 bits per heavy atom. The molecule has 18 heavy (non-hydrogen) atoms. The van der Waals surface area contributed by atoms with Crippen molar-refractivity contribution in [1.82, 2.24) is 0 Å². The SMILES string of the molecule is OC1c2ccccc2CCC1Nc1ccccc1. The van der Waals surface area contributed by atoms with Crippen molar-refractivity contribution in [3.05, 3.63) is 65.7 Å². The van der Waals surface area contributed by atoms with Crippen molar-refractivity contribution in [2.75, 3.05) is 5.32 Å². The topological polar surface area (TPSA) is 32.3 Å². The highest BCUT2D eigenvalue weighted by molar-refractivity contribution is 5.45. The van der Waals surface area contributed by atoms with E-state index < -0.39 is 6.10 Å². The molecule has 2 aromatic rings. The van der Waals surface area contributed by atoms with Crippen molar-refractivity contribution in [3.8, 4) is 0 Å². The molecule has 0 spiro atoms. The van der Waals surface area contributed by atoms with Gasteiger partial charge in [-0.15, -0.1) is 0 Å². The molecule has 0 radical (unpaired) electrons. The van der Waals surface area contributed by atoms with E-state index in [0.717, 1.165) is 24.1 Å². The molecular weight excluding hydrogens is 222 g/mol. The molecule has 0 saturated carbocycles. The van der Waals surface area contributed by atoms with Gasteiger partial charge in [-0.25, -0.2) is 0 Å². The molecular formula is C16H17NO. The van der Waals surface area contributed by atoms with Crippen molar-refractivity contribution in [3.63, 3.8) is 0 Å². The Balaban J connectivity index is 1.81. The van der Waals surface area contributed by atoms with E-state index in [1.54, 1.807) is 0 Å². The minimum atomic E-state index is -0.421. The third-order valence-electron chi connectivity index (χ3n) is 3.61. The van der Waals surface area contributed by atoms with Gasteiger partial charge in [0.15, 0.2) is 0 Å². The monoisotopic (exact) mass is 239 g/mol. The van der Waals surface area contributed by atoms with Crippen LogP contribution in [0.25, 0.3) is 0 Å². The van der Waals surface area contributed by atoms with E-state index in [4.69, 9.17) is 0 Å². The lowest BCUT2D eigenvalue weighted by Gasteiger charge is -2.31. The number of nitrogens with one attached hydrogen (secondary N) is 1. The molecule has 92 valence electrons. The van der Waals surface area contributed by atoms with E-state index in [1.165, 1.54) is 5.56 Å². The van der Waals surface area contributed by atoms with Gasteiger partial charge in [0.2, 0.25) is 0 Å². The van der Waals surface area contributed by atoms with Gasteiger partial charge in [-0.1, -0.05) is 42.5 Å². The Labute approximate surface area is 107 Å². The normalized spacial score (nSPS) is 22.3. The van der Waals surface area contributed by atoms with Crippen LogP contribution in [-0.4, -0.2) is 11.1 Å². The zero-order chi connectivity index (χ0) is 12.4. The summed E-state index contributed by atoms with van der Waals surface area (Å²) < 4.78 is 0. The Bertz CT molecular complexity index is 524. The molecule has 2 unspecified atom stereocenters. The number of anilines is 1. The second-order valence-electron chi connectivity index (χ2n) is 4.80. The highest BCUT2D eigenvalue weighted by Crippen LogP contribution is 2.31. The van der Waals surface area contributed by atoms with Crippen LogP contribution in [0, 0.1) is 0 Å². The molecule has 0 heterocycles. The molecule has 2 heteroatoms. The van der Waals surface area contributed by atoms with Gasteiger partial charge in [0.25, 0.3) is 0 Å². The van der Waals surface area contributed by atoms with Gasteiger partial charge in [0.1, 0.15) is 0 Å². The Morgan fingerprint density at radius 1 is 0.944 bits per heavy atom. The summed E-state index contributed by atoms with van der Waals surface area (Å²) in [7, 11) is 0. The number of para-hydroxylation sites is 1. The van der Waals surface area contributed by atoms with Gasteiger partial charge in [-0.3, -0.25) is 0 Å². The molecule has 1 aliphatic rings. The van der Waals surface area contributed by atoms with Crippen LogP contribution in [-0.2, 0) is 6.42 Å². The summed E-state index contributed by atoms with van der Waals surface area (Å²) in [5, 5.41) is 13.8. The summed E-state index contributed by atoms with van der Waals surface area (Å²) in [4.78, 5) is 0. The molecule has 2 N–H and O–H groups in total. The minimum Gasteiger partial charge on any atom is -0.386 e. The number of aryl methyl sites for hydroxylation is 1. The van der Waals surface area contributed by atoms with E-state index in [-0.39, 0.29) is 6.04 Å². The van der Waals surface area contributed by atoms with Gasteiger partial charge < -0.3 is 10.4 Å². The smallest absolute Gasteiger partial charge is 0.0993 e. The largest absolute Gasteiger partial charge is 0.386 e. The maximum atomic E-state index is 10.4. The molecule has 0 bridgehead atoms. The number of aliphatic hydroxyl groups excluding tert-OH is 1. The van der Waals surface area contributed by atoms with Gasteiger partial charge in [0.05, 0.1) is 12.1 Å². The zero-order valence-electron chi connectivity index (χ0n) is 10.2. The van der Waals surface area contributed by atoms with Gasteiger partial charge in [-0.05, 0) is 36.1 Å². The Hall–Kier alpha value is -1.80. The first-order valence-corrected chi connectivity index (χ1v) is 6.42. The number of hydrogen-bond acceptors (Lipinski definition) is 2. The van der Waals surface area contributed by atoms with E-state index in [1.807, 2.05) is 48.5 Å². The second-order valence-corrected chi connectivity index (χ2v) is 4.80. The van der Waals surface area contributed by atoms with Crippen molar-refractivity contribution in [1.29, 1.82) is 0 Å². The molecule has 3 rings (SSSR count). The molecule has 0 amide bonds. The van der Waals surface area contributed by atoms with Gasteiger partial charge in [0, 0.05) is 5.69 Å². The van der Waals surface area contributed by atoms with E-state index >= 15 is 0 Å². The lowest BCUT2D eigenvalue weighted by Crippen LogP contribution is -2.32. The highest BCUT2D eigenvalue weighted by atomic mass is 16.3. The number of benzene rings is 2. The predicted octanol–water partition coefficient (Wildman–Crippen LogP) is 3.15. The van der Waals surface area contributed by atoms with Crippen LogP contribution < -0.4 is 5.32 Å². The fourth-order valence-electron chi connectivity index (χ4n) is 2.64. The van der Waals surface area contributed by atoms with Crippen LogP contribution in [0.3, 0.4) is 0 Å². The zero-order valence-corrected chi connectivity index (χ0v) is 10.2. The predicted molar refractivity (Wildman–Crippen MR) is 73.6 cm³/mol. The van der Waals surface area contributed by atoms with Gasteiger partial charge in [-0.2, -0.15) is 0 Å². The van der Waals surface area contributed by atoms with Crippen LogP contribution in [0.15, 0.2) is 54.6 Å². The maximum Gasteiger partial charge on any atom is 0.0993 e. The summed E-state index contributed by atoms with van der Waals surface area (Å²) in [6, 6.07) is 18.3. The summed E-state index contributed by atoms with van der Waals surface area (Å²) in [6.45, 7) is 0. The summed E-state index contributed by atoms with van der Waals surface area (Å²) in [6.07, 6.45) is 1.57. The molecule has 2 aromatic carbocycles. The van der Waals surface area contributed by atoms with Crippen LogP contribution in [0.5, 0.6) is 0 Å². The third-order valence-corrected chi connectivity index (χ3v) is 3.61. The average molecular weight is 239 g/mol. The number of aliphatic hydroxyl groups is 1. The van der Waals surface area contributed by atoms with Crippen molar-refractivity contribution in [2.45, 2.75) is 25.0 Å². The van der Waals surface area contributed by atoms with E-state index in [2.05, 4.69) is 11.4 Å². The molecule has 2 nitrogen and oxygen atoms in total. The van der Waals surface area contributed by atoms with Crippen LogP contribution in [0.4, 0.5) is 5.69 Å². The van der Waals surface area contributed by atoms with Crippen LogP contribution >= 0.6 is 0 Å². The molecule has 0 aliphatic heterocycles. The average Bonchev–Trinajstić information content (AvgIpc) is 2.43. The fraction of sp³-hybridized carbons (Fsp3) is 0.250. The summed E-state index contributed by atoms with van der Waals surface area (Å²) in [5.41, 5.74) is 3.41. The first kappa shape index (κ1) is 11.3. The molecule has 0 saturated heterocycles.